The highest BCUT2D eigenvalue weighted by atomic mass is 16.1. The van der Waals surface area contributed by atoms with Gasteiger partial charge in [0.25, 0.3) is 0 Å². The van der Waals surface area contributed by atoms with Gasteiger partial charge in [0.2, 0.25) is 0 Å². The second-order valence-corrected chi connectivity index (χ2v) is 5.30. The monoisotopic (exact) mass is 249 g/mol. The zero-order valence-corrected chi connectivity index (χ0v) is 10.7. The molecule has 2 heterocycles. The van der Waals surface area contributed by atoms with Gasteiger partial charge in [0.15, 0.2) is 5.78 Å². The van der Waals surface area contributed by atoms with E-state index in [0.29, 0.717) is 6.42 Å². The van der Waals surface area contributed by atoms with E-state index in [2.05, 4.69) is 41.5 Å². The molecule has 0 N–H and O–H groups in total. The lowest BCUT2D eigenvalue weighted by atomic mass is 9.88. The van der Waals surface area contributed by atoms with Crippen LogP contribution in [0, 0.1) is 0 Å². The summed E-state index contributed by atoms with van der Waals surface area (Å²) in [6, 6.07) is 6.52. The number of fused-ring (bicyclic) bond motifs is 2. The molecule has 94 valence electrons. The number of rotatable bonds is 0. The molecule has 3 aliphatic rings. The van der Waals surface area contributed by atoms with Gasteiger partial charge in [-0.1, -0.05) is 30.4 Å². The van der Waals surface area contributed by atoms with Crippen LogP contribution in [0.2, 0.25) is 0 Å². The van der Waals surface area contributed by atoms with Gasteiger partial charge in [0, 0.05) is 24.7 Å². The van der Waals surface area contributed by atoms with E-state index in [1.54, 1.807) is 0 Å². The van der Waals surface area contributed by atoms with E-state index in [1.165, 1.54) is 28.0 Å². The first-order valence-corrected chi connectivity index (χ1v) is 6.82. The minimum Gasteiger partial charge on any atom is -0.347 e. The molecule has 0 fully saturated rings. The van der Waals surface area contributed by atoms with Gasteiger partial charge in [-0.3, -0.25) is 4.79 Å². The Hall–Kier alpha value is -2.09. The first-order valence-electron chi connectivity index (χ1n) is 6.82. The molecule has 2 aliphatic heterocycles. The molecule has 0 atom stereocenters. The summed E-state index contributed by atoms with van der Waals surface area (Å²) in [5.74, 6) is 0.232. The van der Waals surface area contributed by atoms with Crippen molar-refractivity contribution in [2.75, 3.05) is 11.4 Å². The van der Waals surface area contributed by atoms with Crippen LogP contribution < -0.4 is 4.90 Å². The second kappa shape index (κ2) is 3.95. The largest absolute Gasteiger partial charge is 0.347 e. The first kappa shape index (κ1) is 10.8. The molecule has 0 saturated carbocycles. The molecule has 1 aromatic carbocycles. The molecule has 2 heteroatoms. The van der Waals surface area contributed by atoms with Crippen LogP contribution in [0.1, 0.15) is 24.0 Å². The summed E-state index contributed by atoms with van der Waals surface area (Å²) >= 11 is 0. The fourth-order valence-electron chi connectivity index (χ4n) is 3.28. The SMILES string of the molecule is O=C1C=C2CCN3C=CCc4cccc(c43)C2=CC1. The van der Waals surface area contributed by atoms with Crippen LogP contribution in [0.15, 0.2) is 48.2 Å². The van der Waals surface area contributed by atoms with Crippen molar-refractivity contribution in [1.82, 2.24) is 0 Å². The summed E-state index contributed by atoms with van der Waals surface area (Å²) in [6.45, 7) is 0.955. The topological polar surface area (TPSA) is 20.3 Å². The highest BCUT2D eigenvalue weighted by Gasteiger charge is 2.26. The summed E-state index contributed by atoms with van der Waals surface area (Å²) in [7, 11) is 0. The summed E-state index contributed by atoms with van der Waals surface area (Å²) < 4.78 is 0. The van der Waals surface area contributed by atoms with Crippen molar-refractivity contribution in [3.8, 4) is 0 Å². The van der Waals surface area contributed by atoms with E-state index < -0.39 is 0 Å². The number of para-hydroxylation sites is 1. The first-order chi connectivity index (χ1) is 9.33. The Morgan fingerprint density at radius 2 is 2.11 bits per heavy atom. The quantitative estimate of drug-likeness (QED) is 0.703. The maximum Gasteiger partial charge on any atom is 0.159 e. The van der Waals surface area contributed by atoms with Gasteiger partial charge in [0.05, 0.1) is 5.69 Å². The zero-order valence-electron chi connectivity index (χ0n) is 10.7. The van der Waals surface area contributed by atoms with Crippen LogP contribution >= 0.6 is 0 Å². The molecular weight excluding hydrogens is 234 g/mol. The van der Waals surface area contributed by atoms with Gasteiger partial charge in [-0.15, -0.1) is 0 Å². The predicted molar refractivity (Wildman–Crippen MR) is 76.9 cm³/mol. The van der Waals surface area contributed by atoms with E-state index in [9.17, 15) is 4.79 Å². The van der Waals surface area contributed by atoms with Crippen molar-refractivity contribution >= 4 is 17.0 Å². The number of carbonyl (C=O) groups excluding carboxylic acids is 1. The Bertz CT molecular complexity index is 664. The molecule has 0 saturated heterocycles. The molecule has 1 aliphatic carbocycles. The third-order valence-corrected chi connectivity index (χ3v) is 4.13. The number of ketones is 1. The molecule has 19 heavy (non-hydrogen) atoms. The van der Waals surface area contributed by atoms with Crippen molar-refractivity contribution < 1.29 is 4.79 Å². The highest BCUT2D eigenvalue weighted by molar-refractivity contribution is 6.02. The highest BCUT2D eigenvalue weighted by Crippen LogP contribution is 2.42. The maximum absolute atomic E-state index is 11.6. The number of allylic oxidation sites excluding steroid dienone is 4. The smallest absolute Gasteiger partial charge is 0.159 e. The van der Waals surface area contributed by atoms with E-state index in [4.69, 9.17) is 0 Å². The third-order valence-electron chi connectivity index (χ3n) is 4.13. The van der Waals surface area contributed by atoms with Gasteiger partial charge in [-0.05, 0) is 35.6 Å². The van der Waals surface area contributed by atoms with Crippen molar-refractivity contribution in [2.24, 2.45) is 0 Å². The number of hydrogen-bond donors (Lipinski definition) is 0. The molecular formula is C17H15NO. The van der Waals surface area contributed by atoms with Crippen LogP contribution in [0.4, 0.5) is 5.69 Å². The van der Waals surface area contributed by atoms with Crippen molar-refractivity contribution in [3.05, 3.63) is 59.3 Å². The Labute approximate surface area is 112 Å². The molecule has 0 amide bonds. The molecule has 4 rings (SSSR count). The molecule has 0 unspecified atom stereocenters. The molecule has 0 aromatic heterocycles. The fourth-order valence-corrected chi connectivity index (χ4v) is 3.28. The third kappa shape index (κ3) is 1.60. The fraction of sp³-hybridized carbons (Fsp3) is 0.235. The van der Waals surface area contributed by atoms with Gasteiger partial charge in [0.1, 0.15) is 0 Å². The Balaban J connectivity index is 1.96. The number of carbonyl (C=O) groups is 1. The average Bonchev–Trinajstić information content (AvgIpc) is 2.59. The standard InChI is InChI=1S/C17H15NO/c19-14-6-7-15-13(11-14)8-10-18-9-2-4-12-3-1-5-16(15)17(12)18/h1-3,5,7,9,11H,4,6,8,10H2. The minimum atomic E-state index is 0.232. The number of benzene rings is 1. The average molecular weight is 249 g/mol. The van der Waals surface area contributed by atoms with E-state index >= 15 is 0 Å². The van der Waals surface area contributed by atoms with Crippen LogP contribution in [0.3, 0.4) is 0 Å². The Kier molecular flexibility index (Phi) is 2.25. The molecule has 0 spiro atoms. The molecule has 0 bridgehead atoms. The lowest BCUT2D eigenvalue weighted by Crippen LogP contribution is -2.21. The Morgan fingerprint density at radius 1 is 1.16 bits per heavy atom. The number of anilines is 1. The maximum atomic E-state index is 11.6. The minimum absolute atomic E-state index is 0.232. The van der Waals surface area contributed by atoms with Crippen molar-refractivity contribution in [1.29, 1.82) is 0 Å². The summed E-state index contributed by atoms with van der Waals surface area (Å²) in [4.78, 5) is 14.0. The summed E-state index contributed by atoms with van der Waals surface area (Å²) in [5, 5.41) is 0. The van der Waals surface area contributed by atoms with Gasteiger partial charge in [-0.2, -0.15) is 0 Å². The molecule has 2 nitrogen and oxygen atoms in total. The van der Waals surface area contributed by atoms with Gasteiger partial charge >= 0.3 is 0 Å². The number of nitrogens with zero attached hydrogens (tertiary/aromatic N) is 1. The van der Waals surface area contributed by atoms with E-state index in [0.717, 1.165) is 19.4 Å². The van der Waals surface area contributed by atoms with Crippen molar-refractivity contribution in [2.45, 2.75) is 19.3 Å². The predicted octanol–water partition coefficient (Wildman–Crippen LogP) is 3.25. The normalized spacial score (nSPS) is 20.2. The lowest BCUT2D eigenvalue weighted by Gasteiger charge is -2.26. The molecule has 1 aromatic rings. The van der Waals surface area contributed by atoms with E-state index in [1.807, 2.05) is 6.08 Å². The molecule has 0 radical (unpaired) electrons. The van der Waals surface area contributed by atoms with Crippen molar-refractivity contribution in [3.63, 3.8) is 0 Å². The lowest BCUT2D eigenvalue weighted by molar-refractivity contribution is -0.113. The van der Waals surface area contributed by atoms with Gasteiger partial charge in [-0.25, -0.2) is 0 Å². The summed E-state index contributed by atoms with van der Waals surface area (Å²) in [6.07, 6.45) is 10.8. The van der Waals surface area contributed by atoms with Gasteiger partial charge < -0.3 is 4.90 Å². The number of hydrogen-bond acceptors (Lipinski definition) is 2. The van der Waals surface area contributed by atoms with Crippen LogP contribution in [-0.2, 0) is 11.2 Å². The zero-order chi connectivity index (χ0) is 12.8. The second-order valence-electron chi connectivity index (χ2n) is 5.30. The van der Waals surface area contributed by atoms with Crippen LogP contribution in [0.25, 0.3) is 5.57 Å². The van der Waals surface area contributed by atoms with Crippen LogP contribution in [0.5, 0.6) is 0 Å². The van der Waals surface area contributed by atoms with Crippen LogP contribution in [-0.4, -0.2) is 12.3 Å². The Morgan fingerprint density at radius 3 is 3.05 bits per heavy atom. The van der Waals surface area contributed by atoms with E-state index in [-0.39, 0.29) is 5.78 Å². The summed E-state index contributed by atoms with van der Waals surface area (Å²) in [5.41, 5.74) is 6.49.